The van der Waals surface area contributed by atoms with Crippen molar-refractivity contribution in [2.45, 2.75) is 38.1 Å². The predicted molar refractivity (Wildman–Crippen MR) is 63.9 cm³/mol. The van der Waals surface area contributed by atoms with Crippen molar-refractivity contribution in [2.24, 2.45) is 5.73 Å². The number of hydrogen-bond donors (Lipinski definition) is 1. The van der Waals surface area contributed by atoms with Crippen molar-refractivity contribution in [3.05, 3.63) is 0 Å². The average Bonchev–Trinajstić information content (AvgIpc) is 2.66. The van der Waals surface area contributed by atoms with Gasteiger partial charge in [-0.15, -0.1) is 0 Å². The third-order valence-electron chi connectivity index (χ3n) is 3.71. The molecule has 15 heavy (non-hydrogen) atoms. The lowest BCUT2D eigenvalue weighted by atomic mass is 10.1. The zero-order valence-corrected chi connectivity index (χ0v) is 9.83. The highest BCUT2D eigenvalue weighted by molar-refractivity contribution is 4.77. The summed E-state index contributed by atoms with van der Waals surface area (Å²) in [6.45, 7) is 7.57. The summed E-state index contributed by atoms with van der Waals surface area (Å²) in [5.41, 5.74) is 5.89. The molecule has 2 aliphatic heterocycles. The summed E-state index contributed by atoms with van der Waals surface area (Å²) in [4.78, 5) is 5.15. The number of likely N-dealkylation sites (tertiary alicyclic amines) is 2. The molecule has 2 heterocycles. The van der Waals surface area contributed by atoms with Gasteiger partial charge in [0.2, 0.25) is 0 Å². The Hall–Kier alpha value is -0.120. The van der Waals surface area contributed by atoms with Gasteiger partial charge in [0.25, 0.3) is 0 Å². The van der Waals surface area contributed by atoms with Crippen LogP contribution in [0, 0.1) is 0 Å². The Bertz CT molecular complexity index is 173. The third kappa shape index (κ3) is 3.74. The molecule has 0 aromatic heterocycles. The predicted octanol–water partition coefficient (Wildman–Crippen LogP) is 0.895. The summed E-state index contributed by atoms with van der Waals surface area (Å²) in [7, 11) is 0. The van der Waals surface area contributed by atoms with Crippen molar-refractivity contribution in [3.8, 4) is 0 Å². The van der Waals surface area contributed by atoms with Crippen LogP contribution >= 0.6 is 0 Å². The zero-order chi connectivity index (χ0) is 10.5. The van der Waals surface area contributed by atoms with Crippen LogP contribution in [0.3, 0.4) is 0 Å². The van der Waals surface area contributed by atoms with Crippen LogP contribution in [0.5, 0.6) is 0 Å². The summed E-state index contributed by atoms with van der Waals surface area (Å²) in [5, 5.41) is 0. The van der Waals surface area contributed by atoms with Gasteiger partial charge in [0, 0.05) is 12.6 Å². The first-order valence-corrected chi connectivity index (χ1v) is 6.55. The molecule has 2 fully saturated rings. The van der Waals surface area contributed by atoms with Crippen molar-refractivity contribution in [1.29, 1.82) is 0 Å². The Morgan fingerprint density at radius 1 is 0.933 bits per heavy atom. The van der Waals surface area contributed by atoms with Crippen molar-refractivity contribution in [3.63, 3.8) is 0 Å². The Morgan fingerprint density at radius 2 is 1.67 bits per heavy atom. The van der Waals surface area contributed by atoms with Crippen LogP contribution in [0.15, 0.2) is 0 Å². The molecule has 0 bridgehead atoms. The monoisotopic (exact) mass is 211 g/mol. The average molecular weight is 211 g/mol. The van der Waals surface area contributed by atoms with E-state index >= 15 is 0 Å². The summed E-state index contributed by atoms with van der Waals surface area (Å²) >= 11 is 0. The smallest absolute Gasteiger partial charge is 0.0180 e. The molecule has 0 aromatic rings. The molecule has 0 radical (unpaired) electrons. The van der Waals surface area contributed by atoms with Gasteiger partial charge in [0.05, 0.1) is 0 Å². The second-order valence-electron chi connectivity index (χ2n) is 5.11. The van der Waals surface area contributed by atoms with E-state index in [0.29, 0.717) is 6.04 Å². The second kappa shape index (κ2) is 5.83. The van der Waals surface area contributed by atoms with E-state index in [1.165, 1.54) is 64.8 Å². The van der Waals surface area contributed by atoms with Gasteiger partial charge in [-0.3, -0.25) is 0 Å². The minimum absolute atomic E-state index is 0.444. The molecule has 0 unspecified atom stereocenters. The first kappa shape index (κ1) is 11.4. The molecule has 2 N–H and O–H groups in total. The molecular formula is C12H25N3. The lowest BCUT2D eigenvalue weighted by Crippen LogP contribution is -2.33. The molecule has 0 aliphatic carbocycles. The van der Waals surface area contributed by atoms with Crippen molar-refractivity contribution in [2.75, 3.05) is 39.3 Å². The van der Waals surface area contributed by atoms with Gasteiger partial charge in [-0.2, -0.15) is 0 Å². The molecule has 2 saturated heterocycles. The largest absolute Gasteiger partial charge is 0.326 e. The Kier molecular flexibility index (Phi) is 4.42. The quantitative estimate of drug-likeness (QED) is 0.750. The van der Waals surface area contributed by atoms with E-state index in [2.05, 4.69) is 9.80 Å². The number of hydrogen-bond acceptors (Lipinski definition) is 3. The van der Waals surface area contributed by atoms with E-state index in [0.717, 1.165) is 6.54 Å². The third-order valence-corrected chi connectivity index (χ3v) is 3.71. The van der Waals surface area contributed by atoms with E-state index < -0.39 is 0 Å². The first-order valence-electron chi connectivity index (χ1n) is 6.55. The van der Waals surface area contributed by atoms with E-state index in [4.69, 9.17) is 5.73 Å². The standard InChI is InChI=1S/C12H25N3/c13-12-5-10-15(11-12)9-4-8-14-6-2-1-3-7-14/h12H,1-11,13H2/t12-/m1/s1. The lowest BCUT2D eigenvalue weighted by Gasteiger charge is -2.27. The highest BCUT2D eigenvalue weighted by atomic mass is 15.2. The molecule has 2 rings (SSSR count). The van der Waals surface area contributed by atoms with Crippen LogP contribution in [0.25, 0.3) is 0 Å². The zero-order valence-electron chi connectivity index (χ0n) is 9.83. The number of rotatable bonds is 4. The fourth-order valence-corrected chi connectivity index (χ4v) is 2.77. The molecule has 0 amide bonds. The van der Waals surface area contributed by atoms with Gasteiger partial charge in [-0.1, -0.05) is 6.42 Å². The first-order chi connectivity index (χ1) is 7.34. The molecule has 88 valence electrons. The minimum atomic E-state index is 0.444. The van der Waals surface area contributed by atoms with Crippen LogP contribution in [-0.4, -0.2) is 55.1 Å². The maximum Gasteiger partial charge on any atom is 0.0180 e. The van der Waals surface area contributed by atoms with Gasteiger partial charge < -0.3 is 15.5 Å². The van der Waals surface area contributed by atoms with Gasteiger partial charge >= 0.3 is 0 Å². The van der Waals surface area contributed by atoms with Crippen molar-refractivity contribution >= 4 is 0 Å². The van der Waals surface area contributed by atoms with E-state index in [9.17, 15) is 0 Å². The molecule has 0 aromatic carbocycles. The van der Waals surface area contributed by atoms with Gasteiger partial charge in [-0.25, -0.2) is 0 Å². The molecule has 3 nitrogen and oxygen atoms in total. The number of nitrogens with zero attached hydrogens (tertiary/aromatic N) is 2. The van der Waals surface area contributed by atoms with Crippen LogP contribution in [0.4, 0.5) is 0 Å². The summed E-state index contributed by atoms with van der Waals surface area (Å²) < 4.78 is 0. The summed E-state index contributed by atoms with van der Waals surface area (Å²) in [6, 6.07) is 0.444. The maximum absolute atomic E-state index is 5.89. The minimum Gasteiger partial charge on any atom is -0.326 e. The number of piperidine rings is 1. The molecular weight excluding hydrogens is 186 g/mol. The van der Waals surface area contributed by atoms with Gasteiger partial charge in [-0.05, 0) is 58.4 Å². The van der Waals surface area contributed by atoms with E-state index in [-0.39, 0.29) is 0 Å². The van der Waals surface area contributed by atoms with Crippen LogP contribution in [-0.2, 0) is 0 Å². The van der Waals surface area contributed by atoms with Crippen LogP contribution in [0.1, 0.15) is 32.1 Å². The summed E-state index contributed by atoms with van der Waals surface area (Å²) in [5.74, 6) is 0. The van der Waals surface area contributed by atoms with Crippen LogP contribution in [0.2, 0.25) is 0 Å². The molecule has 3 heteroatoms. The second-order valence-corrected chi connectivity index (χ2v) is 5.11. The Morgan fingerprint density at radius 3 is 2.33 bits per heavy atom. The Balaban J connectivity index is 1.54. The Labute approximate surface area is 93.6 Å². The van der Waals surface area contributed by atoms with E-state index in [1.54, 1.807) is 0 Å². The summed E-state index contributed by atoms with van der Waals surface area (Å²) in [6.07, 6.45) is 6.79. The topological polar surface area (TPSA) is 32.5 Å². The van der Waals surface area contributed by atoms with Gasteiger partial charge in [0.1, 0.15) is 0 Å². The molecule has 0 saturated carbocycles. The molecule has 0 spiro atoms. The number of nitrogens with two attached hydrogens (primary N) is 1. The molecule has 1 atom stereocenters. The van der Waals surface area contributed by atoms with Crippen molar-refractivity contribution in [1.82, 2.24) is 9.80 Å². The highest BCUT2D eigenvalue weighted by Gasteiger charge is 2.18. The SMILES string of the molecule is N[C@@H]1CCN(CCCN2CCCCC2)C1. The maximum atomic E-state index is 5.89. The normalized spacial score (nSPS) is 29.8. The fraction of sp³-hybridized carbons (Fsp3) is 1.00. The molecule has 2 aliphatic rings. The fourth-order valence-electron chi connectivity index (χ4n) is 2.77. The van der Waals surface area contributed by atoms with Gasteiger partial charge in [0.15, 0.2) is 0 Å². The van der Waals surface area contributed by atoms with E-state index in [1.807, 2.05) is 0 Å². The highest BCUT2D eigenvalue weighted by Crippen LogP contribution is 2.10. The lowest BCUT2D eigenvalue weighted by molar-refractivity contribution is 0.211. The van der Waals surface area contributed by atoms with Crippen LogP contribution < -0.4 is 5.73 Å². The van der Waals surface area contributed by atoms with Crippen molar-refractivity contribution < 1.29 is 0 Å².